The van der Waals surface area contributed by atoms with Gasteiger partial charge in [0.2, 0.25) is 0 Å². The van der Waals surface area contributed by atoms with Crippen LogP contribution in [0.25, 0.3) is 33.2 Å². The fraction of sp³-hybridized carbons (Fsp3) is 0.160. The number of rotatable bonds is 4. The van der Waals surface area contributed by atoms with Crippen LogP contribution in [0.15, 0.2) is 56.8 Å². The SMILES string of the molecule is COc1cc(/C=c2\sc3nc4ccccc4n3c2=O)ccc1Oc1nc2c(c(=O)n(C)c(=O)n2C)n1C. The number of imidazole rings is 2. The lowest BCUT2D eigenvalue weighted by Gasteiger charge is -2.10. The van der Waals surface area contributed by atoms with Crippen molar-refractivity contribution in [2.75, 3.05) is 7.11 Å². The third-order valence-electron chi connectivity index (χ3n) is 6.27. The minimum Gasteiger partial charge on any atom is -0.493 e. The first kappa shape index (κ1) is 22.7. The second-order valence-corrected chi connectivity index (χ2v) is 9.49. The maximum absolute atomic E-state index is 13.1. The van der Waals surface area contributed by atoms with Crippen molar-refractivity contribution >= 4 is 44.6 Å². The van der Waals surface area contributed by atoms with Gasteiger partial charge in [0.1, 0.15) is 0 Å². The van der Waals surface area contributed by atoms with Gasteiger partial charge in [0.05, 0.1) is 22.7 Å². The minimum atomic E-state index is -0.480. The van der Waals surface area contributed by atoms with Crippen molar-refractivity contribution in [1.29, 1.82) is 0 Å². The van der Waals surface area contributed by atoms with E-state index in [1.54, 1.807) is 42.8 Å². The highest BCUT2D eigenvalue weighted by molar-refractivity contribution is 7.15. The lowest BCUT2D eigenvalue weighted by atomic mass is 10.2. The fourth-order valence-electron chi connectivity index (χ4n) is 4.31. The van der Waals surface area contributed by atoms with Crippen molar-refractivity contribution in [3.63, 3.8) is 0 Å². The molecule has 4 heterocycles. The van der Waals surface area contributed by atoms with E-state index >= 15 is 0 Å². The molecule has 2 aromatic carbocycles. The number of hydrogen-bond acceptors (Lipinski definition) is 8. The average molecular weight is 517 g/mol. The zero-order chi connectivity index (χ0) is 26.0. The summed E-state index contributed by atoms with van der Waals surface area (Å²) in [7, 11) is 6.10. The van der Waals surface area contributed by atoms with E-state index in [0.717, 1.165) is 21.2 Å². The first-order valence-corrected chi connectivity index (χ1v) is 12.0. The molecule has 0 bridgehead atoms. The van der Waals surface area contributed by atoms with Crippen molar-refractivity contribution in [1.82, 2.24) is 28.1 Å². The van der Waals surface area contributed by atoms with Gasteiger partial charge in [-0.05, 0) is 35.9 Å². The van der Waals surface area contributed by atoms with Gasteiger partial charge in [0.15, 0.2) is 27.6 Å². The van der Waals surface area contributed by atoms with Crippen LogP contribution in [0.3, 0.4) is 0 Å². The fourth-order valence-corrected chi connectivity index (χ4v) is 5.30. The lowest BCUT2D eigenvalue weighted by Crippen LogP contribution is -2.37. The van der Waals surface area contributed by atoms with E-state index in [9.17, 15) is 14.4 Å². The molecule has 0 spiro atoms. The molecule has 0 aliphatic rings. The third-order valence-corrected chi connectivity index (χ3v) is 7.24. The number of methoxy groups -OCH3 is 1. The molecule has 0 saturated carbocycles. The molecule has 6 aromatic rings. The summed E-state index contributed by atoms with van der Waals surface area (Å²) in [5, 5.41) is 0. The number of fused-ring (bicyclic) bond motifs is 4. The molecule has 0 saturated heterocycles. The summed E-state index contributed by atoms with van der Waals surface area (Å²) in [6.07, 6.45) is 1.78. The summed E-state index contributed by atoms with van der Waals surface area (Å²) in [6.45, 7) is 0. The lowest BCUT2D eigenvalue weighted by molar-refractivity contribution is 0.363. The molecule has 0 unspecified atom stereocenters. The minimum absolute atomic E-state index is 0.122. The smallest absolute Gasteiger partial charge is 0.332 e. The second kappa shape index (κ2) is 8.17. The largest absolute Gasteiger partial charge is 0.493 e. The molecule has 11 nitrogen and oxygen atoms in total. The number of para-hydroxylation sites is 2. The Morgan fingerprint density at radius 1 is 0.892 bits per heavy atom. The second-order valence-electron chi connectivity index (χ2n) is 8.48. The molecule has 0 aliphatic heterocycles. The number of aryl methyl sites for hydroxylation is 2. The van der Waals surface area contributed by atoms with E-state index in [1.165, 1.54) is 34.6 Å². The summed E-state index contributed by atoms with van der Waals surface area (Å²) < 4.78 is 17.5. The number of benzene rings is 2. The zero-order valence-electron chi connectivity index (χ0n) is 20.3. The van der Waals surface area contributed by atoms with Crippen LogP contribution in [-0.4, -0.2) is 35.2 Å². The topological polar surface area (TPSA) is 115 Å². The molecule has 0 atom stereocenters. The Labute approximate surface area is 211 Å². The Bertz CT molecular complexity index is 2110. The predicted octanol–water partition coefficient (Wildman–Crippen LogP) is 1.54. The van der Waals surface area contributed by atoms with E-state index in [4.69, 9.17) is 9.47 Å². The van der Waals surface area contributed by atoms with Gasteiger partial charge >= 0.3 is 11.7 Å². The molecule has 12 heteroatoms. The Hall–Kier alpha value is -4.71. The number of hydrogen-bond donors (Lipinski definition) is 0. The van der Waals surface area contributed by atoms with Crippen LogP contribution in [0.1, 0.15) is 5.56 Å². The van der Waals surface area contributed by atoms with E-state index in [2.05, 4.69) is 9.97 Å². The van der Waals surface area contributed by atoms with Crippen molar-refractivity contribution in [2.24, 2.45) is 21.1 Å². The molecule has 0 radical (unpaired) electrons. The summed E-state index contributed by atoms with van der Waals surface area (Å²) in [5.74, 6) is 0.760. The van der Waals surface area contributed by atoms with Crippen LogP contribution in [0, 0.1) is 0 Å². The molecule has 0 aliphatic carbocycles. The monoisotopic (exact) mass is 516 g/mol. The Kier molecular flexibility index (Phi) is 5.02. The third kappa shape index (κ3) is 3.37. The van der Waals surface area contributed by atoms with Gasteiger partial charge in [-0.3, -0.25) is 23.3 Å². The summed E-state index contributed by atoms with van der Waals surface area (Å²) in [6, 6.07) is 12.9. The van der Waals surface area contributed by atoms with Gasteiger partial charge in [-0.25, -0.2) is 14.2 Å². The molecule has 6 rings (SSSR count). The van der Waals surface area contributed by atoms with Crippen molar-refractivity contribution in [3.05, 3.63) is 83.8 Å². The highest BCUT2D eigenvalue weighted by atomic mass is 32.1. The van der Waals surface area contributed by atoms with E-state index in [1.807, 2.05) is 24.3 Å². The quantitative estimate of drug-likeness (QED) is 0.349. The Morgan fingerprint density at radius 3 is 2.46 bits per heavy atom. The van der Waals surface area contributed by atoms with Crippen LogP contribution < -0.4 is 30.8 Å². The predicted molar refractivity (Wildman–Crippen MR) is 140 cm³/mol. The number of aromatic nitrogens is 6. The molecule has 0 amide bonds. The summed E-state index contributed by atoms with van der Waals surface area (Å²) in [5.41, 5.74) is 1.65. The van der Waals surface area contributed by atoms with Gasteiger partial charge in [-0.15, -0.1) is 0 Å². The molecule has 0 fully saturated rings. The van der Waals surface area contributed by atoms with Crippen LogP contribution in [0.2, 0.25) is 0 Å². The first-order chi connectivity index (χ1) is 17.8. The molecular weight excluding hydrogens is 496 g/mol. The van der Waals surface area contributed by atoms with E-state index in [-0.39, 0.29) is 22.7 Å². The van der Waals surface area contributed by atoms with Crippen LogP contribution in [0.4, 0.5) is 0 Å². The first-order valence-electron chi connectivity index (χ1n) is 11.2. The molecular formula is C25H20N6O5S. The summed E-state index contributed by atoms with van der Waals surface area (Å²) in [4.78, 5) is 47.6. The highest BCUT2D eigenvalue weighted by Crippen LogP contribution is 2.32. The standard InChI is InChI=1S/C25H20N6O5S/c1-28-19-20(29(2)25(34)30(3)22(19)33)27-23(28)36-16-10-9-13(11-17(16)35-4)12-18-21(32)31-15-8-6-5-7-14(15)26-24(31)37-18/h5-12H,1-4H3/b18-12-. The molecule has 0 N–H and O–H groups in total. The zero-order valence-corrected chi connectivity index (χ0v) is 21.1. The van der Waals surface area contributed by atoms with Crippen LogP contribution in [0.5, 0.6) is 17.5 Å². The van der Waals surface area contributed by atoms with Crippen LogP contribution in [-0.2, 0) is 21.1 Å². The van der Waals surface area contributed by atoms with E-state index < -0.39 is 11.2 Å². The highest BCUT2D eigenvalue weighted by Gasteiger charge is 2.19. The van der Waals surface area contributed by atoms with Crippen molar-refractivity contribution in [2.45, 2.75) is 0 Å². The van der Waals surface area contributed by atoms with Crippen LogP contribution >= 0.6 is 11.3 Å². The maximum atomic E-state index is 13.1. The van der Waals surface area contributed by atoms with Gasteiger partial charge in [0.25, 0.3) is 11.1 Å². The number of nitrogens with zero attached hydrogens (tertiary/aromatic N) is 6. The van der Waals surface area contributed by atoms with Crippen molar-refractivity contribution < 1.29 is 9.47 Å². The molecule has 37 heavy (non-hydrogen) atoms. The maximum Gasteiger partial charge on any atom is 0.332 e. The summed E-state index contributed by atoms with van der Waals surface area (Å²) >= 11 is 1.31. The number of ether oxygens (including phenoxy) is 2. The average Bonchev–Trinajstić information content (AvgIpc) is 3.52. The van der Waals surface area contributed by atoms with Gasteiger partial charge < -0.3 is 9.47 Å². The molecule has 186 valence electrons. The van der Waals surface area contributed by atoms with E-state index in [0.29, 0.717) is 21.0 Å². The normalized spacial score (nSPS) is 12.3. The van der Waals surface area contributed by atoms with Gasteiger partial charge in [0, 0.05) is 21.1 Å². The number of thiazole rings is 1. The Balaban J connectivity index is 1.41. The van der Waals surface area contributed by atoms with Gasteiger partial charge in [-0.1, -0.05) is 29.5 Å². The van der Waals surface area contributed by atoms with Crippen molar-refractivity contribution in [3.8, 4) is 17.5 Å². The Morgan fingerprint density at radius 2 is 1.68 bits per heavy atom. The van der Waals surface area contributed by atoms with Gasteiger partial charge in [-0.2, -0.15) is 4.98 Å². The molecule has 4 aromatic heterocycles.